The number of pyridine rings is 1. The highest BCUT2D eigenvalue weighted by Crippen LogP contribution is 2.42. The van der Waals surface area contributed by atoms with Gasteiger partial charge in [-0.15, -0.1) is 15.3 Å². The number of hydrogen-bond acceptors (Lipinski definition) is 21. The summed E-state index contributed by atoms with van der Waals surface area (Å²) in [5.41, 5.74) is 12.8. The van der Waals surface area contributed by atoms with Gasteiger partial charge in [-0.05, 0) is 135 Å². The Bertz CT molecular complexity index is 3830. The molecule has 5 fully saturated rings. The topological polar surface area (TPSA) is 311 Å². The molecule has 14 rings (SSSR count). The first-order valence-electron chi connectivity index (χ1n) is 34.1. The highest BCUT2D eigenvalue weighted by Gasteiger charge is 2.31. The van der Waals surface area contributed by atoms with Gasteiger partial charge >= 0.3 is 0 Å². The van der Waals surface area contributed by atoms with Gasteiger partial charge in [0.15, 0.2) is 0 Å². The van der Waals surface area contributed by atoms with E-state index in [-0.39, 0.29) is 48.3 Å². The van der Waals surface area contributed by atoms with Crippen LogP contribution in [-0.4, -0.2) is 201 Å². The Labute approximate surface area is 559 Å². The van der Waals surface area contributed by atoms with Crippen molar-refractivity contribution in [2.45, 2.75) is 177 Å². The van der Waals surface area contributed by atoms with Crippen LogP contribution in [0.2, 0.25) is 0 Å². The quantitative estimate of drug-likeness (QED) is 0.0354. The van der Waals surface area contributed by atoms with E-state index < -0.39 is 0 Å². The second-order valence-corrected chi connectivity index (χ2v) is 26.6. The van der Waals surface area contributed by atoms with Gasteiger partial charge in [0.25, 0.3) is 5.91 Å². The molecule has 2 saturated heterocycles. The number of hydrogen-bond donors (Lipinski definition) is 7. The Balaban J connectivity index is 0.000000138. The molecule has 514 valence electrons. The number of anilines is 3. The van der Waals surface area contributed by atoms with Gasteiger partial charge in [-0.2, -0.15) is 10.2 Å². The number of carbonyl (C=O) groups excluding carboxylic acids is 1. The van der Waals surface area contributed by atoms with Gasteiger partial charge in [0.1, 0.15) is 0 Å². The number of nitrogens with one attached hydrogen (secondary N) is 4. The lowest BCUT2D eigenvalue weighted by atomic mass is 9.85. The molecule has 0 bridgehead atoms. The molecule has 5 atom stereocenters. The highest BCUT2D eigenvalue weighted by molar-refractivity contribution is 5.95. The number of amides is 1. The molecule has 11 heterocycles. The normalized spacial score (nSPS) is 23.1. The average Bonchev–Trinajstić information content (AvgIpc) is 1.63. The summed E-state index contributed by atoms with van der Waals surface area (Å²) in [5, 5.41) is 66.3. The number of aliphatic hydroxyl groups is 3. The fourth-order valence-electron chi connectivity index (χ4n) is 14.1. The number of aromatic nitrogens is 14. The van der Waals surface area contributed by atoms with E-state index in [2.05, 4.69) is 82.0 Å². The van der Waals surface area contributed by atoms with Crippen molar-refractivity contribution < 1.29 is 43.8 Å². The van der Waals surface area contributed by atoms with Gasteiger partial charge < -0.3 is 60.3 Å². The van der Waals surface area contributed by atoms with E-state index in [1.165, 1.54) is 11.4 Å². The Morgan fingerprint density at radius 2 is 0.865 bits per heavy atom. The second-order valence-electron chi connectivity index (χ2n) is 26.6. The van der Waals surface area contributed by atoms with Crippen LogP contribution in [0.3, 0.4) is 0 Å². The molecule has 0 aromatic carbocycles. The largest absolute Gasteiger partial charge is 0.393 e. The molecule has 0 unspecified atom stereocenters. The molecule has 27 nitrogen and oxygen atoms in total. The van der Waals surface area contributed by atoms with Gasteiger partial charge in [-0.3, -0.25) is 19.1 Å². The van der Waals surface area contributed by atoms with Crippen molar-refractivity contribution in [2.75, 3.05) is 90.6 Å². The zero-order chi connectivity index (χ0) is 66.8. The van der Waals surface area contributed by atoms with E-state index in [1.54, 1.807) is 47.0 Å². The summed E-state index contributed by atoms with van der Waals surface area (Å²) < 4.78 is 36.8. The fourth-order valence-corrected chi connectivity index (χ4v) is 14.1. The summed E-state index contributed by atoms with van der Waals surface area (Å²) in [6.45, 7) is 10.8. The van der Waals surface area contributed by atoms with Gasteiger partial charge in [-0.25, -0.2) is 28.5 Å². The van der Waals surface area contributed by atoms with E-state index in [0.717, 1.165) is 159 Å². The lowest BCUT2D eigenvalue weighted by Crippen LogP contribution is -2.23. The third kappa shape index (κ3) is 15.8. The molecule has 27 heteroatoms. The molecule has 3 saturated carbocycles. The first-order chi connectivity index (χ1) is 46.7. The Morgan fingerprint density at radius 3 is 1.20 bits per heavy atom. The number of ether oxygens (including phenoxy) is 5. The van der Waals surface area contributed by atoms with E-state index in [1.807, 2.05) is 74.5 Å². The molecule has 96 heavy (non-hydrogen) atoms. The summed E-state index contributed by atoms with van der Waals surface area (Å²) in [5.74, 6) is 2.51. The zero-order valence-corrected chi connectivity index (χ0v) is 56.3. The van der Waals surface area contributed by atoms with Crippen LogP contribution in [0.25, 0.3) is 49.9 Å². The van der Waals surface area contributed by atoms with Gasteiger partial charge in [0.2, 0.25) is 17.8 Å². The van der Waals surface area contributed by atoms with Crippen molar-refractivity contribution >= 4 is 40.3 Å². The number of rotatable bonds is 21. The monoisotopic (exact) mass is 1320 g/mol. The van der Waals surface area contributed by atoms with Gasteiger partial charge in [0, 0.05) is 153 Å². The van der Waals surface area contributed by atoms with Crippen molar-refractivity contribution in [3.8, 4) is 33.4 Å². The van der Waals surface area contributed by atoms with Crippen LogP contribution in [0.15, 0.2) is 80.0 Å². The third-order valence-corrected chi connectivity index (χ3v) is 19.3. The molecule has 0 radical (unpaired) electrons. The summed E-state index contributed by atoms with van der Waals surface area (Å²) in [6, 6.07) is 9.30. The van der Waals surface area contributed by atoms with E-state index >= 15 is 0 Å². The first-order valence-corrected chi connectivity index (χ1v) is 34.1. The van der Waals surface area contributed by atoms with E-state index in [4.69, 9.17) is 39.0 Å². The maximum Gasteiger partial charge on any atom is 0.252 e. The van der Waals surface area contributed by atoms with Gasteiger partial charge in [-0.1, -0.05) is 0 Å². The Hall–Kier alpha value is -8.02. The fraction of sp³-hybridized carbons (Fsp3) is 0.565. The van der Waals surface area contributed by atoms with Crippen LogP contribution in [0.5, 0.6) is 0 Å². The molecule has 1 amide bonds. The summed E-state index contributed by atoms with van der Waals surface area (Å²) >= 11 is 0. The molecular weight excluding hydrogens is 1220 g/mol. The highest BCUT2D eigenvalue weighted by atomic mass is 16.5. The van der Waals surface area contributed by atoms with Crippen molar-refractivity contribution in [3.63, 3.8) is 0 Å². The van der Waals surface area contributed by atoms with Crippen molar-refractivity contribution in [1.82, 2.24) is 73.7 Å². The Morgan fingerprint density at radius 1 is 0.500 bits per heavy atom. The Kier molecular flexibility index (Phi) is 22.3. The predicted molar refractivity (Wildman–Crippen MR) is 363 cm³/mol. The molecule has 0 spiro atoms. The second kappa shape index (κ2) is 31.5. The zero-order valence-electron chi connectivity index (χ0n) is 56.3. The molecule has 9 aromatic heterocycles. The molecule has 7 N–H and O–H groups in total. The molecule has 3 aliphatic carbocycles. The maximum absolute atomic E-state index is 12.1. The van der Waals surface area contributed by atoms with Crippen LogP contribution < -0.4 is 21.3 Å². The average molecular weight is 1320 g/mol. The molecular formula is C69H94N18O9. The van der Waals surface area contributed by atoms with Crippen molar-refractivity contribution in [1.29, 1.82) is 0 Å². The van der Waals surface area contributed by atoms with Crippen LogP contribution >= 0.6 is 0 Å². The number of nitrogens with zero attached hydrogens (tertiary/aromatic N) is 14. The summed E-state index contributed by atoms with van der Waals surface area (Å²) in [7, 11) is 6.64. The maximum atomic E-state index is 12.1. The predicted octanol–water partition coefficient (Wildman–Crippen LogP) is 8.66. The minimum absolute atomic E-state index is 0.0641. The van der Waals surface area contributed by atoms with Crippen molar-refractivity contribution in [2.24, 2.45) is 0 Å². The smallest absolute Gasteiger partial charge is 0.252 e. The lowest BCUT2D eigenvalue weighted by molar-refractivity contribution is 0.0962. The minimum Gasteiger partial charge on any atom is -0.393 e. The molecule has 9 aromatic rings. The number of fused-ring (bicyclic) bond motifs is 3. The molecule has 2 aliphatic heterocycles. The number of methoxy groups -OCH3 is 3. The van der Waals surface area contributed by atoms with Crippen LogP contribution in [0.1, 0.15) is 168 Å². The number of aliphatic hydroxyl groups excluding tert-OH is 3. The summed E-state index contributed by atoms with van der Waals surface area (Å²) in [4.78, 5) is 30.1. The minimum atomic E-state index is -0.230. The SMILES string of the molecule is CNC(=O)c1cncc(-c2cc(C3CCC(O)CC3)n3nc(N[C@@H](C)COC)ncc23)c1.COC[C@H](C)Nc1ncc2c(-c3cnn([C@@H]4CCOC4)c3)cc(C3CCC(O)CC3)n2n1.COC[C@H](C)Nc1ncc2c(-c3cnn([C@H]4CCOC4)c3)cc(C3CCC(O)CC3)n2n1. The summed E-state index contributed by atoms with van der Waals surface area (Å²) in [6.07, 6.45) is 28.8. The van der Waals surface area contributed by atoms with Crippen LogP contribution in [0, 0.1) is 0 Å². The third-order valence-electron chi connectivity index (χ3n) is 19.3. The number of carbonyl (C=O) groups is 1. The van der Waals surface area contributed by atoms with E-state index in [0.29, 0.717) is 80.4 Å². The van der Waals surface area contributed by atoms with Crippen LogP contribution in [-0.2, 0) is 23.7 Å². The van der Waals surface area contributed by atoms with Gasteiger partial charge in [0.05, 0.1) is 117 Å². The van der Waals surface area contributed by atoms with Crippen LogP contribution in [0.4, 0.5) is 17.8 Å². The molecule has 5 aliphatic rings. The van der Waals surface area contributed by atoms with Crippen molar-refractivity contribution in [3.05, 3.63) is 103 Å². The first kappa shape index (κ1) is 67.9. The lowest BCUT2D eigenvalue weighted by Gasteiger charge is -2.25. The standard InChI is InChI=1S/2C23H32N6O3.C23H30N6O3/c2*1-15(13-31-2)26-23-24-11-22-20(17-10-25-28(12-17)18-7-8-32-14-18)9-21(29(22)27-23)16-3-5-19(30)6-4-16;1-14(13-32-3)27-23-26-12-21-19(16-8-17(11-25-10-16)22(31)24-2)9-20(29(21)28-23)15-4-6-18(30)7-5-15/h2*9-12,15-16,18-19,30H,3-8,13-14H2,1-2H3,(H,26,27);8-12,14-15,18,30H,4-7,13H2,1-3H3,(H,24,31)(H,27,28)/t15-,16?,18+,19?;15-,16?,18-,19?;14-,15?,18?/m000/s1. The van der Waals surface area contributed by atoms with E-state index in [9.17, 15) is 20.1 Å².